The molecule has 3 N–H and O–H groups in total. The van der Waals surface area contributed by atoms with Gasteiger partial charge in [-0.25, -0.2) is 9.59 Å². The van der Waals surface area contributed by atoms with E-state index in [4.69, 9.17) is 9.84 Å². The number of esters is 2. The van der Waals surface area contributed by atoms with E-state index >= 15 is 0 Å². The van der Waals surface area contributed by atoms with Crippen molar-refractivity contribution < 1.29 is 48.7 Å². The average molecular weight is 426 g/mol. The molecule has 1 aromatic carbocycles. The molecule has 0 saturated heterocycles. The molecule has 0 aromatic heterocycles. The van der Waals surface area contributed by atoms with Crippen LogP contribution < -0.4 is 4.74 Å². The third-order valence-corrected chi connectivity index (χ3v) is 3.15. The molecular weight excluding hydrogens is 400 g/mol. The van der Waals surface area contributed by atoms with Gasteiger partial charge in [-0.3, -0.25) is 9.59 Å². The number of ether oxygens (including phenoxy) is 3. The van der Waals surface area contributed by atoms with Gasteiger partial charge in [0.05, 0.1) is 6.61 Å². The van der Waals surface area contributed by atoms with Crippen LogP contribution in [-0.4, -0.2) is 58.8 Å². The minimum Gasteiger partial charge on any atom is -0.504 e. The molecule has 0 saturated carbocycles. The Hall–Kier alpha value is -3.40. The summed E-state index contributed by atoms with van der Waals surface area (Å²) < 4.78 is 14.3. The Morgan fingerprint density at radius 2 is 1.70 bits per heavy atom. The summed E-state index contributed by atoms with van der Waals surface area (Å²) in [5.41, 5.74) is 0.453. The third kappa shape index (κ3) is 10.8. The van der Waals surface area contributed by atoms with Crippen LogP contribution in [0.4, 0.5) is 0 Å². The number of carboxylic acid groups (broad SMARTS) is 1. The molecule has 0 amide bonds. The number of ketones is 1. The monoisotopic (exact) mass is 426 g/mol. The standard InChI is InChI=1S/C10H12O5.C10H14O5/c1-2-15-8-5-6(3-4-7(8)11)9(12)10(13)14;1-7(2)10(13)15-5-4-14-9(12)6-8(3)11/h3-5,9,11-12H,2H2,1H3,(H,13,14);1,4-6H2,2-3H3. The van der Waals surface area contributed by atoms with E-state index in [-0.39, 0.29) is 48.1 Å². The zero-order chi connectivity index (χ0) is 23.3. The Balaban J connectivity index is 0.000000561. The first kappa shape index (κ1) is 26.6. The van der Waals surface area contributed by atoms with Crippen molar-refractivity contribution in [2.45, 2.75) is 33.3 Å². The predicted octanol–water partition coefficient (Wildman–Crippen LogP) is 1.54. The number of hydrogen-bond donors (Lipinski definition) is 3. The highest BCUT2D eigenvalue weighted by atomic mass is 16.6. The maximum absolute atomic E-state index is 10.8. The van der Waals surface area contributed by atoms with Crippen LogP contribution in [0.15, 0.2) is 30.4 Å². The normalized spacial score (nSPS) is 10.7. The van der Waals surface area contributed by atoms with Crippen molar-refractivity contribution in [3.8, 4) is 11.5 Å². The highest BCUT2D eigenvalue weighted by Gasteiger charge is 2.17. The Morgan fingerprint density at radius 1 is 1.10 bits per heavy atom. The van der Waals surface area contributed by atoms with E-state index in [0.717, 1.165) is 0 Å². The van der Waals surface area contributed by atoms with E-state index < -0.39 is 24.0 Å². The highest BCUT2D eigenvalue weighted by molar-refractivity contribution is 5.94. The molecule has 166 valence electrons. The molecule has 1 rings (SSSR count). The minimum atomic E-state index is -1.61. The maximum atomic E-state index is 10.8. The third-order valence-electron chi connectivity index (χ3n) is 3.15. The lowest BCUT2D eigenvalue weighted by molar-refractivity contribution is -0.151. The van der Waals surface area contributed by atoms with E-state index in [1.54, 1.807) is 6.92 Å². The zero-order valence-electron chi connectivity index (χ0n) is 17.0. The number of aliphatic hydroxyl groups is 1. The summed E-state index contributed by atoms with van der Waals surface area (Å²) in [7, 11) is 0. The van der Waals surface area contributed by atoms with Crippen molar-refractivity contribution in [1.82, 2.24) is 0 Å². The first-order valence-corrected chi connectivity index (χ1v) is 8.83. The van der Waals surface area contributed by atoms with Crippen molar-refractivity contribution >= 4 is 23.7 Å². The second-order valence-corrected chi connectivity index (χ2v) is 5.92. The van der Waals surface area contributed by atoms with Gasteiger partial charge in [0.1, 0.15) is 25.4 Å². The predicted molar refractivity (Wildman–Crippen MR) is 104 cm³/mol. The average Bonchev–Trinajstić information content (AvgIpc) is 2.66. The van der Waals surface area contributed by atoms with Crippen LogP contribution in [0.1, 0.15) is 38.9 Å². The number of benzene rings is 1. The fraction of sp³-hybridized carbons (Fsp3) is 0.400. The van der Waals surface area contributed by atoms with Crippen molar-refractivity contribution in [2.75, 3.05) is 19.8 Å². The van der Waals surface area contributed by atoms with Crippen LogP contribution in [0.2, 0.25) is 0 Å². The number of carbonyl (C=O) groups is 4. The molecule has 10 nitrogen and oxygen atoms in total. The van der Waals surface area contributed by atoms with Gasteiger partial charge in [-0.2, -0.15) is 0 Å². The molecule has 0 bridgehead atoms. The lowest BCUT2D eigenvalue weighted by Crippen LogP contribution is -2.15. The number of hydrogen-bond acceptors (Lipinski definition) is 9. The second-order valence-electron chi connectivity index (χ2n) is 5.92. The summed E-state index contributed by atoms with van der Waals surface area (Å²) in [6, 6.07) is 3.92. The molecule has 10 heteroatoms. The van der Waals surface area contributed by atoms with Crippen LogP contribution in [0.25, 0.3) is 0 Å². The molecule has 0 heterocycles. The molecular formula is C20H26O10. The van der Waals surface area contributed by atoms with E-state index in [2.05, 4.69) is 16.1 Å². The summed E-state index contributed by atoms with van der Waals surface area (Å²) in [4.78, 5) is 42.7. The summed E-state index contributed by atoms with van der Waals surface area (Å²) >= 11 is 0. The van der Waals surface area contributed by atoms with E-state index in [1.165, 1.54) is 32.0 Å². The fourth-order valence-corrected chi connectivity index (χ4v) is 1.78. The van der Waals surface area contributed by atoms with Gasteiger partial charge in [0, 0.05) is 5.57 Å². The molecule has 1 unspecified atom stereocenters. The van der Waals surface area contributed by atoms with Gasteiger partial charge in [-0.1, -0.05) is 12.6 Å². The number of aliphatic hydroxyl groups excluding tert-OH is 1. The van der Waals surface area contributed by atoms with Crippen LogP contribution in [0, 0.1) is 0 Å². The van der Waals surface area contributed by atoms with Gasteiger partial charge in [0.2, 0.25) is 0 Å². The zero-order valence-corrected chi connectivity index (χ0v) is 17.0. The fourth-order valence-electron chi connectivity index (χ4n) is 1.78. The van der Waals surface area contributed by atoms with Gasteiger partial charge in [-0.15, -0.1) is 0 Å². The highest BCUT2D eigenvalue weighted by Crippen LogP contribution is 2.29. The van der Waals surface area contributed by atoms with Gasteiger partial charge >= 0.3 is 17.9 Å². The SMILES string of the molecule is C=C(C)C(=O)OCCOC(=O)CC(C)=O.CCOc1cc(C(O)C(=O)O)ccc1O. The van der Waals surface area contributed by atoms with Gasteiger partial charge in [-0.05, 0) is 38.5 Å². The van der Waals surface area contributed by atoms with Crippen molar-refractivity contribution in [3.05, 3.63) is 35.9 Å². The number of carboxylic acids is 1. The number of carbonyl (C=O) groups excluding carboxylic acids is 3. The Morgan fingerprint density at radius 3 is 2.20 bits per heavy atom. The largest absolute Gasteiger partial charge is 0.504 e. The molecule has 30 heavy (non-hydrogen) atoms. The molecule has 0 aliphatic carbocycles. The number of aromatic hydroxyl groups is 1. The maximum Gasteiger partial charge on any atom is 0.337 e. The number of Topliss-reactive ketones (excluding diaryl/α,β-unsaturated/α-hetero) is 1. The smallest absolute Gasteiger partial charge is 0.337 e. The Bertz CT molecular complexity index is 769. The van der Waals surface area contributed by atoms with Crippen molar-refractivity contribution in [1.29, 1.82) is 0 Å². The molecule has 0 aliphatic heterocycles. The molecule has 0 radical (unpaired) electrons. The lowest BCUT2D eigenvalue weighted by atomic mass is 10.1. The van der Waals surface area contributed by atoms with Gasteiger partial charge < -0.3 is 29.5 Å². The molecule has 1 aromatic rings. The topological polar surface area (TPSA) is 157 Å². The summed E-state index contributed by atoms with van der Waals surface area (Å²) in [6.07, 6.45) is -1.86. The summed E-state index contributed by atoms with van der Waals surface area (Å²) in [6.45, 7) is 8.19. The van der Waals surface area contributed by atoms with E-state index in [9.17, 15) is 29.4 Å². The molecule has 0 spiro atoms. The number of aliphatic carboxylic acids is 1. The van der Waals surface area contributed by atoms with Crippen LogP contribution in [0.5, 0.6) is 11.5 Å². The van der Waals surface area contributed by atoms with Crippen molar-refractivity contribution in [3.63, 3.8) is 0 Å². The lowest BCUT2D eigenvalue weighted by Gasteiger charge is -2.10. The van der Waals surface area contributed by atoms with Gasteiger partial charge in [0.25, 0.3) is 0 Å². The Labute approximate surface area is 173 Å². The van der Waals surface area contributed by atoms with Crippen LogP contribution >= 0.6 is 0 Å². The first-order chi connectivity index (χ1) is 14.0. The summed E-state index contributed by atoms with van der Waals surface area (Å²) in [5, 5.41) is 27.1. The first-order valence-electron chi connectivity index (χ1n) is 8.83. The summed E-state index contributed by atoms with van der Waals surface area (Å²) in [5.74, 6) is -2.68. The quantitative estimate of drug-likeness (QED) is 0.217. The van der Waals surface area contributed by atoms with Gasteiger partial charge in [0.15, 0.2) is 17.6 Å². The van der Waals surface area contributed by atoms with Crippen LogP contribution in [-0.2, 0) is 28.7 Å². The number of rotatable bonds is 10. The number of phenols is 1. The Kier molecular flexibility index (Phi) is 12.2. The second kappa shape index (κ2) is 13.7. The van der Waals surface area contributed by atoms with Crippen LogP contribution in [0.3, 0.4) is 0 Å². The molecule has 0 fully saturated rings. The number of phenolic OH excluding ortho intramolecular Hbond substituents is 1. The molecule has 0 aliphatic rings. The van der Waals surface area contributed by atoms with Crippen molar-refractivity contribution in [2.24, 2.45) is 0 Å². The van der Waals surface area contributed by atoms with E-state index in [0.29, 0.717) is 6.61 Å². The minimum absolute atomic E-state index is 0.0324. The van der Waals surface area contributed by atoms with E-state index in [1.807, 2.05) is 0 Å². The molecule has 1 atom stereocenters.